The molecule has 21 heavy (non-hydrogen) atoms. The molecule has 6 heteroatoms. The van der Waals surface area contributed by atoms with Crippen molar-refractivity contribution in [3.05, 3.63) is 23.1 Å². The molecule has 0 aromatic carbocycles. The number of nitrogens with one attached hydrogen (secondary N) is 1. The molecule has 0 atom stereocenters. The van der Waals surface area contributed by atoms with Crippen LogP contribution in [0.15, 0.2) is 6.20 Å². The first-order valence-electron chi connectivity index (χ1n) is 7.16. The van der Waals surface area contributed by atoms with E-state index in [1.54, 1.807) is 4.68 Å². The molecule has 2 aromatic rings. The Bertz CT molecular complexity index is 626. The van der Waals surface area contributed by atoms with Crippen molar-refractivity contribution in [2.75, 3.05) is 5.43 Å². The maximum absolute atomic E-state index is 5.59. The van der Waals surface area contributed by atoms with Crippen LogP contribution in [0.25, 0.3) is 11.4 Å². The number of hydrazine groups is 1. The van der Waals surface area contributed by atoms with E-state index in [0.29, 0.717) is 11.6 Å². The van der Waals surface area contributed by atoms with E-state index in [1.165, 1.54) is 0 Å². The SMILES string of the molecule is CCc1nc(-c2cn(C)nc2C(C)(C)C)nc(NN)c1C. The van der Waals surface area contributed by atoms with Crippen LogP contribution in [-0.4, -0.2) is 19.7 Å². The van der Waals surface area contributed by atoms with Gasteiger partial charge in [0, 0.05) is 29.9 Å². The summed E-state index contributed by atoms with van der Waals surface area (Å²) in [6, 6.07) is 0. The van der Waals surface area contributed by atoms with Crippen molar-refractivity contribution in [3.8, 4) is 11.4 Å². The molecule has 2 rings (SSSR count). The largest absolute Gasteiger partial charge is 0.308 e. The standard InChI is InChI=1S/C15H24N6/c1-7-11-9(2)13(19-16)18-14(17-11)10-8-21(6)20-12(10)15(3,4)5/h8H,7,16H2,1-6H3,(H,17,18,19). The van der Waals surface area contributed by atoms with E-state index < -0.39 is 0 Å². The lowest BCUT2D eigenvalue weighted by Gasteiger charge is -2.18. The minimum absolute atomic E-state index is 0.0759. The molecule has 0 aliphatic carbocycles. The summed E-state index contributed by atoms with van der Waals surface area (Å²) >= 11 is 0. The smallest absolute Gasteiger partial charge is 0.165 e. The Morgan fingerprint density at radius 3 is 2.48 bits per heavy atom. The molecule has 2 heterocycles. The topological polar surface area (TPSA) is 81.7 Å². The third kappa shape index (κ3) is 2.90. The second-order valence-electron chi connectivity index (χ2n) is 6.28. The van der Waals surface area contributed by atoms with Crippen molar-refractivity contribution < 1.29 is 0 Å². The highest BCUT2D eigenvalue weighted by molar-refractivity contribution is 5.62. The number of aryl methyl sites for hydroxylation is 2. The van der Waals surface area contributed by atoms with E-state index in [0.717, 1.165) is 28.9 Å². The average Bonchev–Trinajstić information content (AvgIpc) is 2.81. The highest BCUT2D eigenvalue weighted by atomic mass is 15.3. The number of hydrogen-bond acceptors (Lipinski definition) is 5. The van der Waals surface area contributed by atoms with Gasteiger partial charge >= 0.3 is 0 Å². The maximum Gasteiger partial charge on any atom is 0.165 e. The Balaban J connectivity index is 2.68. The van der Waals surface area contributed by atoms with Crippen molar-refractivity contribution in [1.29, 1.82) is 0 Å². The maximum atomic E-state index is 5.59. The Morgan fingerprint density at radius 2 is 1.95 bits per heavy atom. The number of rotatable bonds is 3. The molecule has 0 bridgehead atoms. The quantitative estimate of drug-likeness (QED) is 0.669. The molecule has 0 unspecified atom stereocenters. The van der Waals surface area contributed by atoms with Crippen molar-refractivity contribution >= 4 is 5.82 Å². The van der Waals surface area contributed by atoms with Gasteiger partial charge in [-0.3, -0.25) is 4.68 Å². The third-order valence-electron chi connectivity index (χ3n) is 3.50. The molecule has 6 nitrogen and oxygen atoms in total. The van der Waals surface area contributed by atoms with Crippen LogP contribution in [0.1, 0.15) is 44.6 Å². The van der Waals surface area contributed by atoms with Crippen LogP contribution in [0.2, 0.25) is 0 Å². The number of nitrogens with two attached hydrogens (primary N) is 1. The highest BCUT2D eigenvalue weighted by Gasteiger charge is 2.25. The summed E-state index contributed by atoms with van der Waals surface area (Å²) in [6.45, 7) is 10.5. The Labute approximate surface area is 125 Å². The lowest BCUT2D eigenvalue weighted by molar-refractivity contribution is 0.554. The lowest BCUT2D eigenvalue weighted by atomic mass is 9.89. The first kappa shape index (κ1) is 15.4. The van der Waals surface area contributed by atoms with Crippen LogP contribution in [-0.2, 0) is 18.9 Å². The van der Waals surface area contributed by atoms with Crippen LogP contribution in [0.4, 0.5) is 5.82 Å². The first-order chi connectivity index (χ1) is 9.77. The van der Waals surface area contributed by atoms with Gasteiger partial charge in [0.05, 0.1) is 11.3 Å². The van der Waals surface area contributed by atoms with E-state index in [-0.39, 0.29) is 5.41 Å². The minimum Gasteiger partial charge on any atom is -0.308 e. The Kier molecular flexibility index (Phi) is 4.00. The molecule has 0 aliphatic rings. The number of nitrogens with zero attached hydrogens (tertiary/aromatic N) is 4. The second kappa shape index (κ2) is 5.44. The zero-order chi connectivity index (χ0) is 15.8. The summed E-state index contributed by atoms with van der Waals surface area (Å²) in [4.78, 5) is 9.25. The Morgan fingerprint density at radius 1 is 1.29 bits per heavy atom. The minimum atomic E-state index is -0.0759. The Hall–Kier alpha value is -1.95. The van der Waals surface area contributed by atoms with Crippen LogP contribution in [0.5, 0.6) is 0 Å². The van der Waals surface area contributed by atoms with E-state index >= 15 is 0 Å². The van der Waals surface area contributed by atoms with Gasteiger partial charge in [-0.15, -0.1) is 0 Å². The van der Waals surface area contributed by atoms with Crippen molar-refractivity contribution in [2.45, 2.75) is 46.5 Å². The van der Waals surface area contributed by atoms with Crippen molar-refractivity contribution in [3.63, 3.8) is 0 Å². The van der Waals surface area contributed by atoms with Gasteiger partial charge in [0.1, 0.15) is 5.82 Å². The molecular formula is C15H24N6. The fourth-order valence-corrected chi connectivity index (χ4v) is 2.37. The fraction of sp³-hybridized carbons (Fsp3) is 0.533. The summed E-state index contributed by atoms with van der Waals surface area (Å²) in [5, 5.41) is 4.58. The molecule has 3 N–H and O–H groups in total. The molecule has 0 spiro atoms. The van der Waals surface area contributed by atoms with Crippen LogP contribution < -0.4 is 11.3 Å². The molecule has 2 aromatic heterocycles. The number of anilines is 1. The molecule has 0 saturated carbocycles. The van der Waals surface area contributed by atoms with Crippen molar-refractivity contribution in [2.24, 2.45) is 12.9 Å². The molecule has 114 valence electrons. The normalized spacial score (nSPS) is 11.8. The molecule has 0 amide bonds. The summed E-state index contributed by atoms with van der Waals surface area (Å²) in [6.07, 6.45) is 2.80. The van der Waals surface area contributed by atoms with Gasteiger partial charge in [-0.2, -0.15) is 5.10 Å². The molecule has 0 aliphatic heterocycles. The van der Waals surface area contributed by atoms with Gasteiger partial charge in [0.25, 0.3) is 0 Å². The number of aromatic nitrogens is 4. The number of nitrogen functional groups attached to an aromatic ring is 1. The predicted octanol–water partition coefficient (Wildman–Crippen LogP) is 2.33. The second-order valence-corrected chi connectivity index (χ2v) is 6.28. The van der Waals surface area contributed by atoms with Gasteiger partial charge in [-0.05, 0) is 13.3 Å². The average molecular weight is 288 g/mol. The third-order valence-corrected chi connectivity index (χ3v) is 3.50. The highest BCUT2D eigenvalue weighted by Crippen LogP contribution is 2.31. The van der Waals surface area contributed by atoms with Crippen LogP contribution in [0.3, 0.4) is 0 Å². The van der Waals surface area contributed by atoms with E-state index in [4.69, 9.17) is 10.8 Å². The van der Waals surface area contributed by atoms with E-state index in [1.807, 2.05) is 20.2 Å². The van der Waals surface area contributed by atoms with Gasteiger partial charge in [-0.1, -0.05) is 27.7 Å². The monoisotopic (exact) mass is 288 g/mol. The van der Waals surface area contributed by atoms with Crippen molar-refractivity contribution in [1.82, 2.24) is 19.7 Å². The zero-order valence-corrected chi connectivity index (χ0v) is 13.7. The summed E-state index contributed by atoms with van der Waals surface area (Å²) in [5.41, 5.74) is 6.52. The van der Waals surface area contributed by atoms with Gasteiger partial charge in [0.15, 0.2) is 5.82 Å². The van der Waals surface area contributed by atoms with E-state index in [2.05, 4.69) is 43.2 Å². The summed E-state index contributed by atoms with van der Waals surface area (Å²) in [7, 11) is 1.91. The lowest BCUT2D eigenvalue weighted by Crippen LogP contribution is -2.16. The van der Waals surface area contributed by atoms with Gasteiger partial charge in [0.2, 0.25) is 0 Å². The predicted molar refractivity (Wildman–Crippen MR) is 84.9 cm³/mol. The molecular weight excluding hydrogens is 264 g/mol. The first-order valence-corrected chi connectivity index (χ1v) is 7.16. The number of hydrogen-bond donors (Lipinski definition) is 2. The summed E-state index contributed by atoms with van der Waals surface area (Å²) in [5.74, 6) is 6.93. The molecule has 0 saturated heterocycles. The fourth-order valence-electron chi connectivity index (χ4n) is 2.37. The van der Waals surface area contributed by atoms with Crippen LogP contribution in [0, 0.1) is 6.92 Å². The molecule has 0 radical (unpaired) electrons. The van der Waals surface area contributed by atoms with Gasteiger partial charge < -0.3 is 5.43 Å². The summed E-state index contributed by atoms with van der Waals surface area (Å²) < 4.78 is 1.81. The van der Waals surface area contributed by atoms with Gasteiger partial charge in [-0.25, -0.2) is 15.8 Å². The van der Waals surface area contributed by atoms with E-state index in [9.17, 15) is 0 Å². The van der Waals surface area contributed by atoms with Crippen LogP contribution >= 0.6 is 0 Å². The zero-order valence-electron chi connectivity index (χ0n) is 13.7. The molecule has 0 fully saturated rings.